The highest BCUT2D eigenvalue weighted by atomic mass is 32.2. The van der Waals surface area contributed by atoms with Crippen molar-refractivity contribution in [1.29, 1.82) is 0 Å². The van der Waals surface area contributed by atoms with Gasteiger partial charge in [0.15, 0.2) is 0 Å². The molecular formula is C22H24N2O2S. The van der Waals surface area contributed by atoms with Crippen LogP contribution in [0.3, 0.4) is 0 Å². The molecule has 2 fully saturated rings. The molecule has 1 aliphatic heterocycles. The lowest BCUT2D eigenvalue weighted by Crippen LogP contribution is -2.29. The summed E-state index contributed by atoms with van der Waals surface area (Å²) in [5.74, 6) is 0.773. The van der Waals surface area contributed by atoms with Crippen LogP contribution >= 0.6 is 11.8 Å². The lowest BCUT2D eigenvalue weighted by molar-refractivity contribution is -0.119. The summed E-state index contributed by atoms with van der Waals surface area (Å²) in [6.07, 6.45) is 4.21. The van der Waals surface area contributed by atoms with Crippen LogP contribution < -0.4 is 10.2 Å². The normalized spacial score (nSPS) is 20.3. The van der Waals surface area contributed by atoms with E-state index >= 15 is 0 Å². The number of carbonyl (C=O) groups excluding carboxylic acids is 2. The van der Waals surface area contributed by atoms with Gasteiger partial charge in [-0.2, -0.15) is 0 Å². The predicted molar refractivity (Wildman–Crippen MR) is 111 cm³/mol. The van der Waals surface area contributed by atoms with Gasteiger partial charge in [-0.1, -0.05) is 48.7 Å². The van der Waals surface area contributed by atoms with Crippen LogP contribution in [0, 0.1) is 12.8 Å². The lowest BCUT2D eigenvalue weighted by Gasteiger charge is -2.26. The van der Waals surface area contributed by atoms with Gasteiger partial charge in [-0.05, 0) is 38.0 Å². The van der Waals surface area contributed by atoms with Crippen LogP contribution in [0.1, 0.15) is 42.2 Å². The molecule has 1 heterocycles. The molecule has 1 N–H and O–H groups in total. The summed E-state index contributed by atoms with van der Waals surface area (Å²) in [7, 11) is 0. The molecule has 2 aromatic carbocycles. The average Bonchev–Trinajstić information content (AvgIpc) is 3.33. The quantitative estimate of drug-likeness (QED) is 0.820. The highest BCUT2D eigenvalue weighted by Crippen LogP contribution is 2.44. The summed E-state index contributed by atoms with van der Waals surface area (Å²) >= 11 is 1.61. The SMILES string of the molecule is Cc1ccc(N2C(=O)CSC2c2ccccc2NC(=O)C2CCCC2)cc1. The molecule has 0 radical (unpaired) electrons. The number of hydrogen-bond donors (Lipinski definition) is 1. The summed E-state index contributed by atoms with van der Waals surface area (Å²) < 4.78 is 0. The van der Waals surface area contributed by atoms with E-state index in [-0.39, 0.29) is 23.1 Å². The molecule has 4 nitrogen and oxygen atoms in total. The van der Waals surface area contributed by atoms with Crippen LogP contribution in [0.2, 0.25) is 0 Å². The number of nitrogens with one attached hydrogen (secondary N) is 1. The summed E-state index contributed by atoms with van der Waals surface area (Å²) in [5.41, 5.74) is 3.87. The van der Waals surface area contributed by atoms with Gasteiger partial charge in [0, 0.05) is 22.9 Å². The number of nitrogens with zero attached hydrogens (tertiary/aromatic N) is 1. The molecule has 0 spiro atoms. The first-order chi connectivity index (χ1) is 13.1. The zero-order valence-corrected chi connectivity index (χ0v) is 16.3. The molecule has 0 aromatic heterocycles. The fourth-order valence-corrected chi connectivity index (χ4v) is 5.10. The Morgan fingerprint density at radius 3 is 2.52 bits per heavy atom. The molecular weight excluding hydrogens is 356 g/mol. The molecule has 2 aliphatic rings. The summed E-state index contributed by atoms with van der Waals surface area (Å²) in [5, 5.41) is 3.01. The molecule has 5 heteroatoms. The first kappa shape index (κ1) is 18.1. The van der Waals surface area contributed by atoms with E-state index in [2.05, 4.69) is 5.32 Å². The van der Waals surface area contributed by atoms with Gasteiger partial charge in [0.2, 0.25) is 11.8 Å². The molecule has 27 heavy (non-hydrogen) atoms. The van der Waals surface area contributed by atoms with Crippen molar-refractivity contribution in [3.05, 3.63) is 59.7 Å². The van der Waals surface area contributed by atoms with Gasteiger partial charge < -0.3 is 5.32 Å². The Kier molecular flexibility index (Phi) is 5.21. The lowest BCUT2D eigenvalue weighted by atomic mass is 10.1. The van der Waals surface area contributed by atoms with E-state index in [1.165, 1.54) is 5.56 Å². The average molecular weight is 381 g/mol. The number of benzene rings is 2. The molecule has 1 saturated carbocycles. The van der Waals surface area contributed by atoms with Gasteiger partial charge >= 0.3 is 0 Å². The molecule has 4 rings (SSSR count). The second-order valence-electron chi connectivity index (χ2n) is 7.32. The second kappa shape index (κ2) is 7.77. The van der Waals surface area contributed by atoms with Crippen molar-refractivity contribution in [1.82, 2.24) is 0 Å². The maximum atomic E-state index is 12.6. The van der Waals surface area contributed by atoms with Crippen molar-refractivity contribution in [3.63, 3.8) is 0 Å². The largest absolute Gasteiger partial charge is 0.325 e. The van der Waals surface area contributed by atoms with E-state index in [9.17, 15) is 9.59 Å². The summed E-state index contributed by atoms with van der Waals surface area (Å²) in [6, 6.07) is 15.9. The molecule has 2 amide bonds. The van der Waals surface area contributed by atoms with E-state index < -0.39 is 0 Å². The first-order valence-corrected chi connectivity index (χ1v) is 10.6. The minimum absolute atomic E-state index is 0.103. The van der Waals surface area contributed by atoms with Crippen molar-refractivity contribution < 1.29 is 9.59 Å². The van der Waals surface area contributed by atoms with Crippen molar-refractivity contribution in [3.8, 4) is 0 Å². The number of hydrogen-bond acceptors (Lipinski definition) is 3. The van der Waals surface area contributed by atoms with Gasteiger partial charge in [-0.15, -0.1) is 11.8 Å². The molecule has 2 aromatic rings. The minimum atomic E-state index is -0.125. The number of anilines is 2. The van der Waals surface area contributed by atoms with Crippen LogP contribution in [-0.4, -0.2) is 17.6 Å². The van der Waals surface area contributed by atoms with Gasteiger partial charge in [0.05, 0.1) is 5.75 Å². The third-order valence-electron chi connectivity index (χ3n) is 5.39. The number of amides is 2. The van der Waals surface area contributed by atoms with Gasteiger partial charge in [-0.3, -0.25) is 14.5 Å². The van der Waals surface area contributed by atoms with E-state index in [1.54, 1.807) is 11.8 Å². The predicted octanol–water partition coefficient (Wildman–Crippen LogP) is 4.90. The van der Waals surface area contributed by atoms with Crippen molar-refractivity contribution in [2.24, 2.45) is 5.92 Å². The monoisotopic (exact) mass is 380 g/mol. The van der Waals surface area contributed by atoms with Crippen molar-refractivity contribution in [2.75, 3.05) is 16.0 Å². The molecule has 140 valence electrons. The van der Waals surface area contributed by atoms with Crippen LogP contribution in [0.5, 0.6) is 0 Å². The van der Waals surface area contributed by atoms with Crippen LogP contribution in [-0.2, 0) is 9.59 Å². The number of carbonyl (C=O) groups is 2. The third kappa shape index (κ3) is 3.74. The molecule has 1 atom stereocenters. The van der Waals surface area contributed by atoms with Crippen LogP contribution in [0.15, 0.2) is 48.5 Å². The Morgan fingerprint density at radius 1 is 1.07 bits per heavy atom. The van der Waals surface area contributed by atoms with Crippen LogP contribution in [0.4, 0.5) is 11.4 Å². The number of rotatable bonds is 4. The van der Waals surface area contributed by atoms with Crippen molar-refractivity contribution in [2.45, 2.75) is 38.0 Å². The topological polar surface area (TPSA) is 49.4 Å². The van der Waals surface area contributed by atoms with E-state index in [1.807, 2.05) is 60.4 Å². The van der Waals surface area contributed by atoms with Gasteiger partial charge in [0.1, 0.15) is 5.37 Å². The fourth-order valence-electron chi connectivity index (χ4n) is 3.89. The Balaban J connectivity index is 1.62. The molecule has 1 saturated heterocycles. The van der Waals surface area contributed by atoms with E-state index in [0.29, 0.717) is 5.75 Å². The number of aryl methyl sites for hydroxylation is 1. The zero-order chi connectivity index (χ0) is 18.8. The molecule has 1 unspecified atom stereocenters. The van der Waals surface area contributed by atoms with Crippen LogP contribution in [0.25, 0.3) is 0 Å². The smallest absolute Gasteiger partial charge is 0.238 e. The Hall–Kier alpha value is -2.27. The zero-order valence-electron chi connectivity index (χ0n) is 15.5. The number of para-hydroxylation sites is 1. The maximum absolute atomic E-state index is 12.6. The Labute approximate surface area is 164 Å². The van der Waals surface area contributed by atoms with E-state index in [4.69, 9.17) is 0 Å². The van der Waals surface area contributed by atoms with Gasteiger partial charge in [0.25, 0.3) is 0 Å². The highest BCUT2D eigenvalue weighted by molar-refractivity contribution is 8.00. The van der Waals surface area contributed by atoms with Crippen molar-refractivity contribution >= 4 is 35.0 Å². The van der Waals surface area contributed by atoms with Gasteiger partial charge in [-0.25, -0.2) is 0 Å². The molecule has 1 aliphatic carbocycles. The standard InChI is InChI=1S/C22H24N2O2S/c1-15-10-12-17(13-11-15)24-20(25)14-27-22(24)18-8-4-5-9-19(18)23-21(26)16-6-2-3-7-16/h4-5,8-13,16,22H,2-3,6-7,14H2,1H3,(H,23,26). The Bertz CT molecular complexity index is 844. The second-order valence-corrected chi connectivity index (χ2v) is 8.39. The highest BCUT2D eigenvalue weighted by Gasteiger charge is 2.35. The first-order valence-electron chi connectivity index (χ1n) is 9.53. The third-order valence-corrected chi connectivity index (χ3v) is 6.58. The minimum Gasteiger partial charge on any atom is -0.325 e. The molecule has 0 bridgehead atoms. The Morgan fingerprint density at radius 2 is 1.78 bits per heavy atom. The maximum Gasteiger partial charge on any atom is 0.238 e. The number of thioether (sulfide) groups is 1. The summed E-state index contributed by atoms with van der Waals surface area (Å²) in [6.45, 7) is 2.04. The fraction of sp³-hybridized carbons (Fsp3) is 0.364. The van der Waals surface area contributed by atoms with E-state index in [0.717, 1.165) is 42.6 Å². The summed E-state index contributed by atoms with van der Waals surface area (Å²) in [4.78, 5) is 27.1.